The van der Waals surface area contributed by atoms with E-state index in [9.17, 15) is 9.59 Å². The SMILES string of the molecule is CC(=O)N1CC[NH+]([C@@H](C)C(=O)c2c[nH]c3ccccc23)CC1. The van der Waals surface area contributed by atoms with Crippen molar-refractivity contribution in [2.45, 2.75) is 19.9 Å². The molecule has 1 saturated heterocycles. The van der Waals surface area contributed by atoms with E-state index in [1.165, 1.54) is 4.90 Å². The fourth-order valence-corrected chi connectivity index (χ4v) is 3.24. The van der Waals surface area contributed by atoms with Crippen LogP contribution in [0.15, 0.2) is 30.5 Å². The first-order chi connectivity index (χ1) is 10.6. The molecule has 22 heavy (non-hydrogen) atoms. The molecule has 2 aromatic rings. The summed E-state index contributed by atoms with van der Waals surface area (Å²) in [5.41, 5.74) is 1.76. The number of para-hydroxylation sites is 1. The van der Waals surface area contributed by atoms with Crippen LogP contribution in [0.3, 0.4) is 0 Å². The molecule has 1 aliphatic rings. The molecule has 1 fully saturated rings. The molecular weight excluding hydrogens is 278 g/mol. The number of Topliss-reactive ketones (excluding diaryl/α,β-unsaturated/α-hetero) is 1. The van der Waals surface area contributed by atoms with E-state index < -0.39 is 0 Å². The monoisotopic (exact) mass is 300 g/mol. The van der Waals surface area contributed by atoms with Crippen LogP contribution in [0.25, 0.3) is 10.9 Å². The summed E-state index contributed by atoms with van der Waals surface area (Å²) in [4.78, 5) is 30.5. The highest BCUT2D eigenvalue weighted by atomic mass is 16.2. The number of ketones is 1. The fourth-order valence-electron chi connectivity index (χ4n) is 3.24. The van der Waals surface area contributed by atoms with Gasteiger partial charge in [0.05, 0.1) is 26.2 Å². The third-order valence-corrected chi connectivity index (χ3v) is 4.71. The fraction of sp³-hybridized carbons (Fsp3) is 0.412. The first-order valence-corrected chi connectivity index (χ1v) is 7.78. The van der Waals surface area contributed by atoms with Gasteiger partial charge >= 0.3 is 0 Å². The van der Waals surface area contributed by atoms with Crippen molar-refractivity contribution in [3.05, 3.63) is 36.0 Å². The quantitative estimate of drug-likeness (QED) is 0.811. The number of amides is 1. The number of H-pyrrole nitrogens is 1. The molecule has 116 valence electrons. The average Bonchev–Trinajstić information content (AvgIpc) is 2.97. The second-order valence-electron chi connectivity index (χ2n) is 6.00. The number of fused-ring (bicyclic) bond motifs is 1. The van der Waals surface area contributed by atoms with Gasteiger partial charge in [0.1, 0.15) is 6.04 Å². The van der Waals surface area contributed by atoms with Gasteiger partial charge in [-0.1, -0.05) is 18.2 Å². The van der Waals surface area contributed by atoms with Crippen LogP contribution in [-0.2, 0) is 4.79 Å². The van der Waals surface area contributed by atoms with Crippen molar-refractivity contribution in [2.75, 3.05) is 26.2 Å². The smallest absolute Gasteiger partial charge is 0.221 e. The Morgan fingerprint density at radius 1 is 1.23 bits per heavy atom. The number of rotatable bonds is 3. The normalized spacial score (nSPS) is 17.6. The lowest BCUT2D eigenvalue weighted by molar-refractivity contribution is -0.917. The highest BCUT2D eigenvalue weighted by Crippen LogP contribution is 2.18. The first-order valence-electron chi connectivity index (χ1n) is 7.78. The van der Waals surface area contributed by atoms with E-state index in [2.05, 4.69) is 4.98 Å². The van der Waals surface area contributed by atoms with Crippen molar-refractivity contribution < 1.29 is 14.5 Å². The number of nitrogens with zero attached hydrogens (tertiary/aromatic N) is 1. The molecular formula is C17H22N3O2+. The molecule has 0 radical (unpaired) electrons. The molecule has 0 unspecified atom stereocenters. The number of quaternary nitrogens is 1. The van der Waals surface area contributed by atoms with Crippen LogP contribution >= 0.6 is 0 Å². The highest BCUT2D eigenvalue weighted by Gasteiger charge is 2.31. The molecule has 2 heterocycles. The van der Waals surface area contributed by atoms with Gasteiger partial charge in [-0.2, -0.15) is 0 Å². The average molecular weight is 300 g/mol. The molecule has 2 N–H and O–H groups in total. The van der Waals surface area contributed by atoms with E-state index in [0.717, 1.165) is 42.6 Å². The van der Waals surface area contributed by atoms with Gasteiger partial charge in [0, 0.05) is 29.6 Å². The van der Waals surface area contributed by atoms with Crippen LogP contribution in [0.4, 0.5) is 0 Å². The number of hydrogen-bond acceptors (Lipinski definition) is 2. The molecule has 0 spiro atoms. The number of aromatic nitrogens is 1. The molecule has 5 nitrogen and oxygen atoms in total. The van der Waals surface area contributed by atoms with Crippen LogP contribution in [0.5, 0.6) is 0 Å². The predicted molar refractivity (Wildman–Crippen MR) is 85.0 cm³/mol. The summed E-state index contributed by atoms with van der Waals surface area (Å²) in [5.74, 6) is 0.290. The van der Waals surface area contributed by atoms with Gasteiger partial charge < -0.3 is 14.8 Å². The standard InChI is InChI=1S/C17H21N3O2/c1-12(19-7-9-20(10-8-19)13(2)21)17(22)15-11-18-16-6-4-3-5-14(15)16/h3-6,11-12,18H,7-10H2,1-2H3/p+1/t12-/m0/s1. The van der Waals surface area contributed by atoms with Gasteiger partial charge in [-0.05, 0) is 13.0 Å². The Labute approximate surface area is 129 Å². The Hall–Kier alpha value is -2.14. The number of carbonyl (C=O) groups excluding carboxylic acids is 2. The minimum atomic E-state index is -0.0895. The molecule has 1 aliphatic heterocycles. The van der Waals surface area contributed by atoms with E-state index in [4.69, 9.17) is 0 Å². The Kier molecular flexibility index (Phi) is 3.98. The highest BCUT2D eigenvalue weighted by molar-refractivity contribution is 6.09. The summed E-state index contributed by atoms with van der Waals surface area (Å²) in [6.45, 7) is 6.71. The Morgan fingerprint density at radius 2 is 1.91 bits per heavy atom. The molecule has 1 aromatic carbocycles. The largest absolute Gasteiger partial charge is 0.360 e. The lowest BCUT2D eigenvalue weighted by Gasteiger charge is -2.34. The summed E-state index contributed by atoms with van der Waals surface area (Å²) in [7, 11) is 0. The zero-order chi connectivity index (χ0) is 15.7. The van der Waals surface area contributed by atoms with Gasteiger partial charge in [0.2, 0.25) is 11.7 Å². The summed E-state index contributed by atoms with van der Waals surface area (Å²) >= 11 is 0. The van der Waals surface area contributed by atoms with Crippen molar-refractivity contribution in [3.63, 3.8) is 0 Å². The zero-order valence-electron chi connectivity index (χ0n) is 13.1. The van der Waals surface area contributed by atoms with Crippen LogP contribution in [-0.4, -0.2) is 53.8 Å². The van der Waals surface area contributed by atoms with Gasteiger partial charge in [0.15, 0.2) is 0 Å². The third kappa shape index (κ3) is 2.64. The van der Waals surface area contributed by atoms with Crippen molar-refractivity contribution in [2.24, 2.45) is 0 Å². The Bertz CT molecular complexity index is 699. The summed E-state index contributed by atoms with van der Waals surface area (Å²) in [6, 6.07) is 7.79. The lowest BCUT2D eigenvalue weighted by atomic mass is 10.0. The summed E-state index contributed by atoms with van der Waals surface area (Å²) in [5, 5.41) is 0.987. The molecule has 3 rings (SSSR count). The van der Waals surface area contributed by atoms with E-state index in [-0.39, 0.29) is 17.7 Å². The minimum Gasteiger partial charge on any atom is -0.360 e. The van der Waals surface area contributed by atoms with Crippen molar-refractivity contribution in [1.82, 2.24) is 9.88 Å². The maximum absolute atomic E-state index is 12.8. The summed E-state index contributed by atoms with van der Waals surface area (Å²) < 4.78 is 0. The molecule has 1 atom stereocenters. The van der Waals surface area contributed by atoms with Gasteiger partial charge in [-0.25, -0.2) is 0 Å². The third-order valence-electron chi connectivity index (χ3n) is 4.71. The van der Waals surface area contributed by atoms with E-state index in [0.29, 0.717) is 0 Å². The summed E-state index contributed by atoms with van der Waals surface area (Å²) in [6.07, 6.45) is 1.81. The number of nitrogens with one attached hydrogen (secondary N) is 2. The van der Waals surface area contributed by atoms with Crippen LogP contribution in [0.2, 0.25) is 0 Å². The second-order valence-corrected chi connectivity index (χ2v) is 6.00. The number of aromatic amines is 1. The maximum Gasteiger partial charge on any atom is 0.221 e. The van der Waals surface area contributed by atoms with Crippen molar-refractivity contribution >= 4 is 22.6 Å². The molecule has 0 bridgehead atoms. The molecule has 1 amide bonds. The predicted octanol–water partition coefficient (Wildman–Crippen LogP) is 0.486. The minimum absolute atomic E-state index is 0.0895. The number of benzene rings is 1. The molecule has 0 saturated carbocycles. The van der Waals surface area contributed by atoms with Crippen LogP contribution in [0.1, 0.15) is 24.2 Å². The molecule has 0 aliphatic carbocycles. The van der Waals surface area contributed by atoms with Crippen LogP contribution < -0.4 is 4.90 Å². The number of carbonyl (C=O) groups is 2. The number of hydrogen-bond donors (Lipinski definition) is 2. The second kappa shape index (κ2) is 5.93. The van der Waals surface area contributed by atoms with E-state index >= 15 is 0 Å². The van der Waals surface area contributed by atoms with Crippen molar-refractivity contribution in [1.29, 1.82) is 0 Å². The number of piperazine rings is 1. The van der Waals surface area contributed by atoms with Gasteiger partial charge in [0.25, 0.3) is 0 Å². The van der Waals surface area contributed by atoms with Gasteiger partial charge in [-0.15, -0.1) is 0 Å². The van der Waals surface area contributed by atoms with Crippen LogP contribution in [0, 0.1) is 0 Å². The van der Waals surface area contributed by atoms with Crippen molar-refractivity contribution in [3.8, 4) is 0 Å². The lowest BCUT2D eigenvalue weighted by Crippen LogP contribution is -3.18. The van der Waals surface area contributed by atoms with Gasteiger partial charge in [-0.3, -0.25) is 9.59 Å². The topological polar surface area (TPSA) is 57.6 Å². The first kappa shape index (κ1) is 14.8. The van der Waals surface area contributed by atoms with E-state index in [1.807, 2.05) is 42.3 Å². The zero-order valence-corrected chi connectivity index (χ0v) is 13.1. The Morgan fingerprint density at radius 3 is 2.59 bits per heavy atom. The molecule has 5 heteroatoms. The molecule has 1 aromatic heterocycles. The Balaban J connectivity index is 1.74. The van der Waals surface area contributed by atoms with E-state index in [1.54, 1.807) is 6.92 Å². The maximum atomic E-state index is 12.8.